The molecule has 98 valence electrons. The van der Waals surface area contributed by atoms with Crippen LogP contribution in [-0.4, -0.2) is 16.4 Å². The number of hydrogen-bond acceptors (Lipinski definition) is 4. The summed E-state index contributed by atoms with van der Waals surface area (Å²) in [5.74, 6) is -0.461. The number of carbonyl (C=O) groups excluding carboxylic acids is 1. The molecule has 1 aliphatic rings. The molecular formula is C12H10BrN3O3. The molecule has 0 aromatic heterocycles. The highest BCUT2D eigenvalue weighted by atomic mass is 79.9. The molecule has 0 atom stereocenters. The van der Waals surface area contributed by atoms with Crippen molar-refractivity contribution >= 4 is 27.5 Å². The van der Waals surface area contributed by atoms with E-state index >= 15 is 0 Å². The third kappa shape index (κ3) is 2.58. The minimum atomic E-state index is -0.807. The van der Waals surface area contributed by atoms with Crippen LogP contribution in [0.5, 0.6) is 0 Å². The zero-order chi connectivity index (χ0) is 14.0. The van der Waals surface area contributed by atoms with E-state index in [1.807, 2.05) is 0 Å². The van der Waals surface area contributed by atoms with E-state index in [-0.39, 0.29) is 11.3 Å². The van der Waals surface area contributed by atoms with Gasteiger partial charge in [0.25, 0.3) is 11.6 Å². The maximum atomic E-state index is 12.0. The zero-order valence-corrected chi connectivity index (χ0v) is 11.4. The summed E-state index contributed by atoms with van der Waals surface area (Å²) < 4.78 is 0.313. The topological polar surface area (TPSA) is 96.0 Å². The molecule has 1 aromatic rings. The largest absolute Gasteiger partial charge is 0.334 e. The number of carbonyl (C=O) groups is 1. The van der Waals surface area contributed by atoms with Gasteiger partial charge in [-0.15, -0.1) is 0 Å². The quantitative estimate of drug-likeness (QED) is 0.682. The molecule has 1 aliphatic carbocycles. The average Bonchev–Trinajstić information content (AvgIpc) is 2.33. The van der Waals surface area contributed by atoms with Crippen LogP contribution < -0.4 is 5.32 Å². The summed E-state index contributed by atoms with van der Waals surface area (Å²) in [6.07, 6.45) is 2.13. The van der Waals surface area contributed by atoms with Gasteiger partial charge in [-0.2, -0.15) is 5.26 Å². The number of nitriles is 1. The Morgan fingerprint density at radius 2 is 2.21 bits per heavy atom. The molecule has 0 saturated heterocycles. The molecular weight excluding hydrogens is 314 g/mol. The number of rotatable bonds is 3. The smallest absolute Gasteiger partial charge is 0.284 e. The van der Waals surface area contributed by atoms with Crippen LogP contribution in [0.4, 0.5) is 5.69 Å². The number of nitrogens with one attached hydrogen (secondary N) is 1. The molecule has 0 spiro atoms. The lowest BCUT2D eigenvalue weighted by Crippen LogP contribution is -2.52. The summed E-state index contributed by atoms with van der Waals surface area (Å²) in [7, 11) is 0. The predicted octanol–water partition coefficient (Wildman–Crippen LogP) is 2.53. The monoisotopic (exact) mass is 323 g/mol. The van der Waals surface area contributed by atoms with E-state index in [1.165, 1.54) is 18.2 Å². The van der Waals surface area contributed by atoms with Gasteiger partial charge in [-0.3, -0.25) is 14.9 Å². The van der Waals surface area contributed by atoms with E-state index < -0.39 is 16.4 Å². The maximum absolute atomic E-state index is 12.0. The normalized spacial score (nSPS) is 16.0. The Morgan fingerprint density at radius 3 is 2.68 bits per heavy atom. The van der Waals surface area contributed by atoms with E-state index in [4.69, 9.17) is 5.26 Å². The minimum Gasteiger partial charge on any atom is -0.334 e. The van der Waals surface area contributed by atoms with E-state index in [1.54, 1.807) is 0 Å². The van der Waals surface area contributed by atoms with Crippen LogP contribution in [-0.2, 0) is 0 Å². The molecule has 1 N–H and O–H groups in total. The van der Waals surface area contributed by atoms with Crippen molar-refractivity contribution in [3.05, 3.63) is 38.3 Å². The first-order valence-corrected chi connectivity index (χ1v) is 6.44. The number of nitro benzene ring substituents is 1. The van der Waals surface area contributed by atoms with Crippen molar-refractivity contribution in [3.63, 3.8) is 0 Å². The Hall–Kier alpha value is -1.94. The van der Waals surface area contributed by atoms with Gasteiger partial charge in [0.1, 0.15) is 5.54 Å². The number of nitro groups is 1. The Balaban J connectivity index is 2.23. The Morgan fingerprint density at radius 1 is 1.53 bits per heavy atom. The second-order valence-corrected chi connectivity index (χ2v) is 5.28. The Labute approximate surface area is 117 Å². The van der Waals surface area contributed by atoms with Crippen molar-refractivity contribution < 1.29 is 9.72 Å². The van der Waals surface area contributed by atoms with Crippen LogP contribution >= 0.6 is 15.9 Å². The van der Waals surface area contributed by atoms with Crippen LogP contribution in [0.1, 0.15) is 29.6 Å². The summed E-state index contributed by atoms with van der Waals surface area (Å²) in [6.45, 7) is 0. The van der Waals surface area contributed by atoms with E-state index in [0.717, 1.165) is 6.42 Å². The molecule has 19 heavy (non-hydrogen) atoms. The fourth-order valence-corrected chi connectivity index (χ4v) is 2.27. The number of nitrogens with zero attached hydrogens (tertiary/aromatic N) is 2. The molecule has 1 amide bonds. The van der Waals surface area contributed by atoms with Gasteiger partial charge in [-0.1, -0.05) is 0 Å². The van der Waals surface area contributed by atoms with Gasteiger partial charge in [0.15, 0.2) is 0 Å². The highest BCUT2D eigenvalue weighted by molar-refractivity contribution is 9.10. The highest BCUT2D eigenvalue weighted by Gasteiger charge is 2.38. The SMILES string of the molecule is N#CC1(NC(=O)c2ccc(Br)c([N+](=O)[O-])c2)CCC1. The fourth-order valence-electron chi connectivity index (χ4n) is 1.88. The number of hydrogen-bond donors (Lipinski definition) is 1. The molecule has 6 nitrogen and oxygen atoms in total. The molecule has 1 aromatic carbocycles. The van der Waals surface area contributed by atoms with Crippen LogP contribution in [0.2, 0.25) is 0 Å². The van der Waals surface area contributed by atoms with Gasteiger partial charge in [0.05, 0.1) is 15.5 Å². The van der Waals surface area contributed by atoms with Gasteiger partial charge in [-0.25, -0.2) is 0 Å². The van der Waals surface area contributed by atoms with E-state index in [2.05, 4.69) is 27.3 Å². The summed E-state index contributed by atoms with van der Waals surface area (Å²) in [5.41, 5.74) is -0.803. The molecule has 0 heterocycles. The second kappa shape index (κ2) is 4.97. The van der Waals surface area contributed by atoms with Crippen molar-refractivity contribution in [1.29, 1.82) is 5.26 Å². The third-order valence-corrected chi connectivity index (χ3v) is 3.85. The minimum absolute atomic E-state index is 0.174. The zero-order valence-electron chi connectivity index (χ0n) is 9.85. The molecule has 0 aliphatic heterocycles. The number of benzene rings is 1. The van der Waals surface area contributed by atoms with Crippen LogP contribution in [0, 0.1) is 21.4 Å². The standard InChI is InChI=1S/C12H10BrN3O3/c13-9-3-2-8(6-10(9)16(18)19)11(17)15-12(7-14)4-1-5-12/h2-3,6H,1,4-5H2,(H,15,17). The number of amides is 1. The van der Waals surface area contributed by atoms with E-state index in [9.17, 15) is 14.9 Å². The molecule has 2 rings (SSSR count). The molecule has 0 radical (unpaired) electrons. The van der Waals surface area contributed by atoms with Gasteiger partial charge < -0.3 is 5.32 Å². The molecule has 1 saturated carbocycles. The summed E-state index contributed by atoms with van der Waals surface area (Å²) >= 11 is 3.05. The van der Waals surface area contributed by atoms with Crippen molar-refractivity contribution in [2.24, 2.45) is 0 Å². The average molecular weight is 324 g/mol. The summed E-state index contributed by atoms with van der Waals surface area (Å²) in [5, 5.41) is 22.5. The van der Waals surface area contributed by atoms with Crippen molar-refractivity contribution in [2.75, 3.05) is 0 Å². The molecule has 0 bridgehead atoms. The van der Waals surface area contributed by atoms with Crippen molar-refractivity contribution in [2.45, 2.75) is 24.8 Å². The Bertz CT molecular complexity index is 590. The van der Waals surface area contributed by atoms with E-state index in [0.29, 0.717) is 17.3 Å². The summed E-state index contributed by atoms with van der Waals surface area (Å²) in [6, 6.07) is 6.22. The first-order valence-electron chi connectivity index (χ1n) is 5.65. The Kier molecular flexibility index (Phi) is 3.53. The fraction of sp³-hybridized carbons (Fsp3) is 0.333. The maximum Gasteiger partial charge on any atom is 0.284 e. The molecule has 0 unspecified atom stereocenters. The predicted molar refractivity (Wildman–Crippen MR) is 70.5 cm³/mol. The summed E-state index contributed by atoms with van der Waals surface area (Å²) in [4.78, 5) is 22.2. The van der Waals surface area contributed by atoms with Crippen LogP contribution in [0.3, 0.4) is 0 Å². The lowest BCUT2D eigenvalue weighted by atomic mass is 9.78. The first kappa shape index (κ1) is 13.5. The molecule has 7 heteroatoms. The lowest BCUT2D eigenvalue weighted by molar-refractivity contribution is -0.385. The van der Waals surface area contributed by atoms with Crippen molar-refractivity contribution in [3.8, 4) is 6.07 Å². The van der Waals surface area contributed by atoms with Crippen LogP contribution in [0.25, 0.3) is 0 Å². The number of halogens is 1. The van der Waals surface area contributed by atoms with Crippen molar-refractivity contribution in [1.82, 2.24) is 5.32 Å². The second-order valence-electron chi connectivity index (χ2n) is 4.42. The van der Waals surface area contributed by atoms with Gasteiger partial charge in [0, 0.05) is 11.6 Å². The van der Waals surface area contributed by atoms with Gasteiger partial charge in [0.2, 0.25) is 0 Å². The first-order chi connectivity index (χ1) is 8.97. The van der Waals surface area contributed by atoms with Gasteiger partial charge in [-0.05, 0) is 47.3 Å². The lowest BCUT2D eigenvalue weighted by Gasteiger charge is -2.35. The van der Waals surface area contributed by atoms with Crippen LogP contribution in [0.15, 0.2) is 22.7 Å². The highest BCUT2D eigenvalue weighted by Crippen LogP contribution is 2.32. The van der Waals surface area contributed by atoms with Gasteiger partial charge >= 0.3 is 0 Å². The third-order valence-electron chi connectivity index (χ3n) is 3.18. The molecule has 1 fully saturated rings.